The first-order valence-corrected chi connectivity index (χ1v) is 49.4. The van der Waals surface area contributed by atoms with Gasteiger partial charge in [-0.25, -0.2) is 0 Å². The molecule has 0 saturated carbocycles. The predicted octanol–water partition coefficient (Wildman–Crippen LogP) is 38.4. The number of rotatable bonds is 15. The summed E-state index contributed by atoms with van der Waals surface area (Å²) in [5, 5.41) is 0. The summed E-state index contributed by atoms with van der Waals surface area (Å²) in [6, 6.07) is 146. The highest BCUT2D eigenvalue weighted by Gasteiger charge is 2.49. The van der Waals surface area contributed by atoms with E-state index in [1.54, 1.807) is 0 Å². The molecule has 0 nitrogen and oxygen atoms in total. The van der Waals surface area contributed by atoms with Crippen LogP contribution in [-0.2, 0) is 48.7 Å². The van der Waals surface area contributed by atoms with E-state index in [4.69, 9.17) is 0 Å². The van der Waals surface area contributed by atoms with Crippen LogP contribution in [0.3, 0.4) is 0 Å². The zero-order chi connectivity index (χ0) is 96.3. The molecule has 680 valence electrons. The Bertz CT molecular complexity index is 6270. The Kier molecular flexibility index (Phi) is 24.1. The Balaban J connectivity index is 1.02. The molecule has 0 heterocycles. The molecule has 0 unspecified atom stereocenters. The van der Waals surface area contributed by atoms with Crippen molar-refractivity contribution in [3.63, 3.8) is 0 Å². The predicted molar refractivity (Wildman–Crippen MR) is 589 cm³/mol. The second-order valence-electron chi connectivity index (χ2n) is 47.3. The molecule has 136 heavy (non-hydrogen) atoms. The molecule has 0 fully saturated rings. The fourth-order valence-corrected chi connectivity index (χ4v) is 20.4. The molecule has 1 aliphatic rings. The van der Waals surface area contributed by atoms with Gasteiger partial charge in [-0.15, -0.1) is 0 Å². The Morgan fingerprint density at radius 3 is 0.500 bits per heavy atom. The quantitative estimate of drug-likeness (QED) is 0.0960. The second-order valence-corrected chi connectivity index (χ2v) is 47.3. The van der Waals surface area contributed by atoms with Crippen LogP contribution in [-0.4, -0.2) is 0 Å². The lowest BCUT2D eigenvalue weighted by atomic mass is 9.65. The normalized spacial score (nSPS) is 13.1. The molecule has 0 radical (unpaired) electrons. The van der Waals surface area contributed by atoms with Crippen molar-refractivity contribution < 1.29 is 0 Å². The maximum absolute atomic E-state index is 2.63. The van der Waals surface area contributed by atoms with Crippen molar-refractivity contribution in [2.75, 3.05) is 0 Å². The lowest BCUT2D eigenvalue weighted by Crippen LogP contribution is -2.29. The fraction of sp³-hybridized carbons (Fsp3) is 0.250. The van der Waals surface area contributed by atoms with Gasteiger partial charge >= 0.3 is 0 Å². The Hall–Kier alpha value is -13.3. The van der Waals surface area contributed by atoms with Gasteiger partial charge in [0.2, 0.25) is 0 Å². The minimum atomic E-state index is -1.06. The van der Waals surface area contributed by atoms with Crippen LogP contribution in [0.4, 0.5) is 0 Å². The van der Waals surface area contributed by atoms with Crippen molar-refractivity contribution in [1.82, 2.24) is 0 Å². The molecule has 0 atom stereocenters. The zero-order valence-corrected chi connectivity index (χ0v) is 85.2. The van der Waals surface area contributed by atoms with Crippen LogP contribution < -0.4 is 0 Å². The van der Waals surface area contributed by atoms with Gasteiger partial charge in [0.1, 0.15) is 0 Å². The topological polar surface area (TPSA) is 0 Å². The third-order valence-electron chi connectivity index (χ3n) is 29.0. The third-order valence-corrected chi connectivity index (χ3v) is 29.0. The van der Waals surface area contributed by atoms with E-state index in [0.29, 0.717) is 0 Å². The number of hydrogen-bond donors (Lipinski definition) is 0. The van der Waals surface area contributed by atoms with Crippen LogP contribution in [0, 0.1) is 6.92 Å². The van der Waals surface area contributed by atoms with Crippen LogP contribution >= 0.6 is 0 Å². The summed E-state index contributed by atoms with van der Waals surface area (Å²) in [6.07, 6.45) is 0. The molecule has 17 aromatic rings. The molecule has 0 spiro atoms. The second kappa shape index (κ2) is 35.1. The maximum Gasteiger partial charge on any atom is 0.0714 e. The van der Waals surface area contributed by atoms with Crippen molar-refractivity contribution in [3.05, 3.63) is 442 Å². The van der Waals surface area contributed by atoms with Gasteiger partial charge in [0.25, 0.3) is 0 Å². The average molecular weight is 1770 g/mol. The summed E-state index contributed by atoms with van der Waals surface area (Å²) >= 11 is 0. The van der Waals surface area contributed by atoms with Crippen molar-refractivity contribution in [2.24, 2.45) is 0 Å². The largest absolute Gasteiger partial charge is 0.0714 e. The van der Waals surface area contributed by atoms with E-state index in [1.807, 2.05) is 0 Å². The molecular formula is C136H136. The van der Waals surface area contributed by atoms with Crippen LogP contribution in [0.25, 0.3) is 156 Å². The van der Waals surface area contributed by atoms with Gasteiger partial charge in [0, 0.05) is 0 Å². The summed E-state index contributed by atoms with van der Waals surface area (Å²) in [7, 11) is 0. The Morgan fingerprint density at radius 2 is 0.309 bits per heavy atom. The van der Waals surface area contributed by atoms with Gasteiger partial charge in [-0.3, -0.25) is 0 Å². The highest BCUT2D eigenvalue weighted by atomic mass is 14.5. The zero-order valence-electron chi connectivity index (χ0n) is 85.2. The van der Waals surface area contributed by atoms with Gasteiger partial charge in [0.05, 0.1) is 5.41 Å². The summed E-state index contributed by atoms with van der Waals surface area (Å²) in [5.74, 6) is 0. The Morgan fingerprint density at radius 1 is 0.140 bits per heavy atom. The maximum atomic E-state index is 2.63. The molecule has 0 heteroatoms. The first kappa shape index (κ1) is 93.2. The van der Waals surface area contributed by atoms with Gasteiger partial charge < -0.3 is 0 Å². The van der Waals surface area contributed by atoms with E-state index >= 15 is 0 Å². The minimum Gasteiger partial charge on any atom is -0.0622 e. The molecule has 0 N–H and O–H groups in total. The smallest absolute Gasteiger partial charge is 0.0622 e. The summed E-state index contributed by atoms with van der Waals surface area (Å²) in [6.45, 7) is 57.9. The molecule has 0 saturated heterocycles. The number of hydrogen-bond acceptors (Lipinski definition) is 0. The van der Waals surface area contributed by atoms with Gasteiger partial charge in [-0.1, -0.05) is 427 Å². The molecule has 1 aliphatic carbocycles. The van der Waals surface area contributed by atoms with Crippen LogP contribution in [0.15, 0.2) is 370 Å². The first-order chi connectivity index (χ1) is 64.3. The third kappa shape index (κ3) is 18.9. The highest BCUT2D eigenvalue weighted by molar-refractivity contribution is 5.99. The van der Waals surface area contributed by atoms with Gasteiger partial charge in [-0.2, -0.15) is 0 Å². The number of fused-ring (bicyclic) bond motifs is 3. The van der Waals surface area contributed by atoms with Gasteiger partial charge in [0.15, 0.2) is 0 Å². The summed E-state index contributed by atoms with van der Waals surface area (Å²) in [5.41, 5.74) is 47.4. The SMILES string of the molecule is Cc1cccc2c1-c1c(-c3ccccc3)cccc1C2(c1cc(-c2cc(-c3ccc(C(C)(C)C)cc3)cc(-c3ccc(C(C)(C)C)cc3)c2)cc(-c2cc(-c3ccc(C(C)(C)C)cc3)cc(-c3ccc(C(C)(C)C)cc3)c2)c1)c1cc(-c2cc(-c3ccc(C(C)(C)C)cc3)cc(-c3ccc(C(C)(C)C)cc3)c2)cc(-c2cc(-c3ccc(C(C)(C)C)cc3)cc(-c3ccc(C(C)(C)C)cc3)c2)c1. The standard InChI is InChI=1S/C136H136/c1-87-31-29-35-124-126(87)127-123(96-32-27-26-28-33-96)34-30-36-125(127)136(124,121-83-109(105-73-97(88-37-53-113(54-38-88)128(2,3)4)69-98(74-105)89-39-55-114(56-40-89)129(5,6)7)81-110(84-121)106-75-99(90-41-57-115(58-42-90)130(8,9)10)70-100(76-106)91-43-59-116(60-44-91)131(11,12)13)122-85-111(107-77-101(92-45-61-117(62-46-92)132(14,15)16)71-102(78-107)93-47-63-118(64-48-93)133(17,18)19)82-112(86-122)108-79-103(94-49-65-119(66-50-94)134(20,21)22)72-104(80-108)95-51-67-120(68-52-95)135(23,24)25/h26-86H,1-25H3. The van der Waals surface area contributed by atoms with Crippen LogP contribution in [0.2, 0.25) is 0 Å². The number of aryl methyl sites for hydroxylation is 1. The van der Waals surface area contributed by atoms with E-state index in [2.05, 4.69) is 543 Å². The molecule has 0 bridgehead atoms. The van der Waals surface area contributed by atoms with E-state index in [-0.39, 0.29) is 43.3 Å². The van der Waals surface area contributed by atoms with E-state index < -0.39 is 5.41 Å². The lowest BCUT2D eigenvalue weighted by Gasteiger charge is -2.36. The first-order valence-electron chi connectivity index (χ1n) is 49.4. The monoisotopic (exact) mass is 1770 g/mol. The van der Waals surface area contributed by atoms with Crippen molar-refractivity contribution in [3.8, 4) is 156 Å². The van der Waals surface area contributed by atoms with Crippen LogP contribution in [0.5, 0.6) is 0 Å². The summed E-state index contributed by atoms with van der Waals surface area (Å²) in [4.78, 5) is 0. The molecule has 18 rings (SSSR count). The highest BCUT2D eigenvalue weighted by Crippen LogP contribution is 2.62. The van der Waals surface area contributed by atoms with E-state index in [0.717, 1.165) is 100 Å². The Labute approximate surface area is 814 Å². The van der Waals surface area contributed by atoms with E-state index in [9.17, 15) is 0 Å². The molecule has 0 amide bonds. The molecule has 0 aromatic heterocycles. The van der Waals surface area contributed by atoms with Crippen molar-refractivity contribution >= 4 is 0 Å². The lowest BCUT2D eigenvalue weighted by molar-refractivity contribution is 0.590. The van der Waals surface area contributed by atoms with Crippen molar-refractivity contribution in [1.29, 1.82) is 0 Å². The van der Waals surface area contributed by atoms with Gasteiger partial charge in [-0.05, 0) is 388 Å². The minimum absolute atomic E-state index is 0.0378. The molecule has 17 aromatic carbocycles. The van der Waals surface area contributed by atoms with Crippen molar-refractivity contribution in [2.45, 2.75) is 222 Å². The number of benzene rings is 17. The summed E-state index contributed by atoms with van der Waals surface area (Å²) < 4.78 is 0. The molecular weight excluding hydrogens is 1630 g/mol. The molecule has 0 aliphatic heterocycles. The fourth-order valence-electron chi connectivity index (χ4n) is 20.4. The van der Waals surface area contributed by atoms with E-state index in [1.165, 1.54) is 128 Å². The van der Waals surface area contributed by atoms with Crippen LogP contribution in [0.1, 0.15) is 238 Å². The average Bonchev–Trinajstić information content (AvgIpc) is 1.52.